The van der Waals surface area contributed by atoms with Gasteiger partial charge in [0, 0.05) is 12.7 Å². The molecule has 1 saturated carbocycles. The normalized spacial score (nSPS) is 22.9. The maximum Gasteiger partial charge on any atom is 0.337 e. The smallest absolute Gasteiger partial charge is 0.337 e. The largest absolute Gasteiger partial charge is 0.478 e. The van der Waals surface area contributed by atoms with Gasteiger partial charge in [-0.05, 0) is 30.4 Å². The summed E-state index contributed by atoms with van der Waals surface area (Å²) in [5.41, 5.74) is -0.0339. The van der Waals surface area contributed by atoms with Crippen molar-refractivity contribution in [2.24, 2.45) is 11.8 Å². The molecule has 0 bridgehead atoms. The molecule has 2 rings (SSSR count). The fourth-order valence-electron chi connectivity index (χ4n) is 2.48. The number of nitrogens with zero attached hydrogens (tertiary/aromatic N) is 1. The first-order valence-electron chi connectivity index (χ1n) is 6.59. The van der Waals surface area contributed by atoms with Crippen molar-refractivity contribution in [3.63, 3.8) is 0 Å². The topological polar surface area (TPSA) is 96.4 Å². The lowest BCUT2D eigenvalue weighted by atomic mass is 9.99. The van der Waals surface area contributed by atoms with Crippen LogP contribution in [0.4, 0.5) is 0 Å². The van der Waals surface area contributed by atoms with Crippen LogP contribution in [0.1, 0.15) is 36.5 Å². The van der Waals surface area contributed by atoms with Gasteiger partial charge >= 0.3 is 5.97 Å². The molecular formula is C13H18N2O4S. The Bertz CT molecular complexity index is 583. The number of hydrogen-bond donors (Lipinski definition) is 2. The summed E-state index contributed by atoms with van der Waals surface area (Å²) in [7, 11) is -3.67. The molecule has 20 heavy (non-hydrogen) atoms. The van der Waals surface area contributed by atoms with Crippen LogP contribution in [0.15, 0.2) is 23.4 Å². The van der Waals surface area contributed by atoms with Crippen LogP contribution in [0, 0.1) is 11.8 Å². The molecular weight excluding hydrogens is 280 g/mol. The number of aromatic carboxylic acids is 1. The van der Waals surface area contributed by atoms with Gasteiger partial charge in [-0.1, -0.05) is 19.8 Å². The summed E-state index contributed by atoms with van der Waals surface area (Å²) in [5.74, 6) is -0.239. The average Bonchev–Trinajstić information content (AvgIpc) is 2.82. The highest BCUT2D eigenvalue weighted by Gasteiger charge is 2.25. The molecule has 1 aromatic rings. The van der Waals surface area contributed by atoms with Crippen molar-refractivity contribution in [1.82, 2.24) is 9.71 Å². The van der Waals surface area contributed by atoms with E-state index in [1.54, 1.807) is 0 Å². The molecule has 0 aromatic carbocycles. The second-order valence-corrected chi connectivity index (χ2v) is 6.92. The van der Waals surface area contributed by atoms with E-state index in [1.807, 2.05) is 0 Å². The Morgan fingerprint density at radius 2 is 2.20 bits per heavy atom. The molecule has 7 heteroatoms. The number of aromatic nitrogens is 1. The van der Waals surface area contributed by atoms with E-state index in [1.165, 1.54) is 12.1 Å². The minimum absolute atomic E-state index is 0.0339. The van der Waals surface area contributed by atoms with Gasteiger partial charge in [0.25, 0.3) is 10.0 Å². The third-order valence-electron chi connectivity index (χ3n) is 3.83. The number of nitrogens with one attached hydrogen (secondary N) is 1. The fourth-order valence-corrected chi connectivity index (χ4v) is 3.50. The Morgan fingerprint density at radius 3 is 2.70 bits per heavy atom. The summed E-state index contributed by atoms with van der Waals surface area (Å²) in [5, 5.41) is 8.60. The number of sulfonamides is 1. The van der Waals surface area contributed by atoms with Gasteiger partial charge in [-0.3, -0.25) is 0 Å². The maximum atomic E-state index is 12.1. The zero-order valence-corrected chi connectivity index (χ0v) is 12.1. The summed E-state index contributed by atoms with van der Waals surface area (Å²) < 4.78 is 26.7. The molecule has 1 fully saturated rings. The van der Waals surface area contributed by atoms with E-state index >= 15 is 0 Å². The van der Waals surface area contributed by atoms with Crippen molar-refractivity contribution in [1.29, 1.82) is 0 Å². The van der Waals surface area contributed by atoms with E-state index in [-0.39, 0.29) is 10.6 Å². The Hall–Kier alpha value is -1.47. The maximum absolute atomic E-state index is 12.1. The van der Waals surface area contributed by atoms with Crippen molar-refractivity contribution in [2.45, 2.75) is 31.2 Å². The van der Waals surface area contributed by atoms with Crippen molar-refractivity contribution in [2.75, 3.05) is 6.54 Å². The molecule has 0 spiro atoms. The van der Waals surface area contributed by atoms with Gasteiger partial charge in [0.1, 0.15) is 0 Å². The van der Waals surface area contributed by atoms with Gasteiger partial charge in [-0.25, -0.2) is 22.9 Å². The van der Waals surface area contributed by atoms with Crippen LogP contribution in [-0.4, -0.2) is 31.0 Å². The Balaban J connectivity index is 2.04. The van der Waals surface area contributed by atoms with Gasteiger partial charge in [0.05, 0.1) is 5.56 Å². The number of hydrogen-bond acceptors (Lipinski definition) is 4. The van der Waals surface area contributed by atoms with Crippen molar-refractivity contribution >= 4 is 16.0 Å². The first-order valence-corrected chi connectivity index (χ1v) is 8.07. The second kappa shape index (κ2) is 5.88. The Labute approximate surface area is 118 Å². The molecule has 1 aromatic heterocycles. The lowest BCUT2D eigenvalue weighted by Gasteiger charge is -2.15. The molecule has 0 amide bonds. The standard InChI is InChI=1S/C13H18N2O4S/c1-9-3-2-4-10(9)8-15-20(18,19)12-6-5-11(7-14-12)13(16)17/h5-7,9-10,15H,2-4,8H2,1H3,(H,16,17). The third-order valence-corrected chi connectivity index (χ3v) is 5.17. The molecule has 1 heterocycles. The SMILES string of the molecule is CC1CCCC1CNS(=O)(=O)c1ccc(C(=O)O)cn1. The highest BCUT2D eigenvalue weighted by molar-refractivity contribution is 7.89. The molecule has 1 aliphatic carbocycles. The Kier molecular flexibility index (Phi) is 4.39. The van der Waals surface area contributed by atoms with Crippen LogP contribution in [0.25, 0.3) is 0 Å². The molecule has 1 aliphatic rings. The zero-order valence-electron chi connectivity index (χ0n) is 11.2. The highest BCUT2D eigenvalue weighted by Crippen LogP contribution is 2.30. The average molecular weight is 298 g/mol. The number of rotatable bonds is 5. The number of carboxylic acids is 1. The van der Waals surface area contributed by atoms with Crippen LogP contribution in [0.5, 0.6) is 0 Å². The molecule has 2 atom stereocenters. The fraction of sp³-hybridized carbons (Fsp3) is 0.538. The Morgan fingerprint density at radius 1 is 1.45 bits per heavy atom. The second-order valence-electron chi connectivity index (χ2n) is 5.21. The number of carboxylic acid groups (broad SMARTS) is 1. The van der Waals surface area contributed by atoms with E-state index < -0.39 is 16.0 Å². The molecule has 2 N–H and O–H groups in total. The summed E-state index contributed by atoms with van der Waals surface area (Å²) >= 11 is 0. The van der Waals surface area contributed by atoms with E-state index in [4.69, 9.17) is 5.11 Å². The molecule has 0 radical (unpaired) electrons. The van der Waals surface area contributed by atoms with Gasteiger partial charge in [0.2, 0.25) is 0 Å². The van der Waals surface area contributed by atoms with Crippen LogP contribution in [0.3, 0.4) is 0 Å². The quantitative estimate of drug-likeness (QED) is 0.858. The number of carbonyl (C=O) groups is 1. The van der Waals surface area contributed by atoms with E-state index in [0.29, 0.717) is 18.4 Å². The molecule has 6 nitrogen and oxygen atoms in total. The van der Waals surface area contributed by atoms with Crippen LogP contribution in [0.2, 0.25) is 0 Å². The predicted molar refractivity (Wildman–Crippen MR) is 72.9 cm³/mol. The molecule has 0 saturated heterocycles. The van der Waals surface area contributed by atoms with Crippen LogP contribution in [-0.2, 0) is 10.0 Å². The minimum Gasteiger partial charge on any atom is -0.478 e. The first-order chi connectivity index (χ1) is 9.40. The summed E-state index contributed by atoms with van der Waals surface area (Å²) in [6.07, 6.45) is 4.36. The van der Waals surface area contributed by atoms with Crippen molar-refractivity contribution < 1.29 is 18.3 Å². The van der Waals surface area contributed by atoms with Gasteiger partial charge in [-0.15, -0.1) is 0 Å². The monoisotopic (exact) mass is 298 g/mol. The number of pyridine rings is 1. The predicted octanol–water partition coefficient (Wildman–Crippen LogP) is 1.49. The minimum atomic E-state index is -3.67. The highest BCUT2D eigenvalue weighted by atomic mass is 32.2. The lowest BCUT2D eigenvalue weighted by Crippen LogP contribution is -2.31. The van der Waals surface area contributed by atoms with Crippen molar-refractivity contribution in [3.05, 3.63) is 23.9 Å². The van der Waals surface area contributed by atoms with E-state index in [2.05, 4.69) is 16.6 Å². The summed E-state index contributed by atoms with van der Waals surface area (Å²) in [6, 6.07) is 2.45. The first kappa shape index (κ1) is 14.9. The summed E-state index contributed by atoms with van der Waals surface area (Å²) in [6.45, 7) is 2.54. The zero-order chi connectivity index (χ0) is 14.8. The van der Waals surface area contributed by atoms with Crippen LogP contribution >= 0.6 is 0 Å². The van der Waals surface area contributed by atoms with Gasteiger partial charge < -0.3 is 5.11 Å². The molecule has 110 valence electrons. The molecule has 0 aliphatic heterocycles. The third kappa shape index (κ3) is 3.34. The van der Waals surface area contributed by atoms with Gasteiger partial charge in [0.15, 0.2) is 5.03 Å². The van der Waals surface area contributed by atoms with Gasteiger partial charge in [-0.2, -0.15) is 0 Å². The summed E-state index contributed by atoms with van der Waals surface area (Å²) in [4.78, 5) is 14.4. The molecule has 2 unspecified atom stereocenters. The van der Waals surface area contributed by atoms with Crippen LogP contribution < -0.4 is 4.72 Å². The van der Waals surface area contributed by atoms with Crippen molar-refractivity contribution in [3.8, 4) is 0 Å². The lowest BCUT2D eigenvalue weighted by molar-refractivity contribution is 0.0696. The van der Waals surface area contributed by atoms with E-state index in [0.717, 1.165) is 25.5 Å². The van der Waals surface area contributed by atoms with E-state index in [9.17, 15) is 13.2 Å².